The van der Waals surface area contributed by atoms with Gasteiger partial charge in [0, 0.05) is 4.47 Å². The Bertz CT molecular complexity index is 554. The molecule has 18 heavy (non-hydrogen) atoms. The summed E-state index contributed by atoms with van der Waals surface area (Å²) in [6, 6.07) is 14.1. The van der Waals surface area contributed by atoms with Gasteiger partial charge in [0.25, 0.3) is 0 Å². The number of ether oxygens (including phenoxy) is 1. The number of aryl methyl sites for hydroxylation is 1. The molecule has 0 saturated heterocycles. The van der Waals surface area contributed by atoms with Gasteiger partial charge in [0.15, 0.2) is 0 Å². The number of rotatable bonds is 3. The smallest absolute Gasteiger partial charge is 0.121 e. The molecular formula is C15H14BrClO. The molecule has 94 valence electrons. The molecule has 0 amide bonds. The van der Waals surface area contributed by atoms with Crippen molar-refractivity contribution < 1.29 is 4.74 Å². The van der Waals surface area contributed by atoms with E-state index in [9.17, 15) is 0 Å². The van der Waals surface area contributed by atoms with Gasteiger partial charge in [-0.2, -0.15) is 0 Å². The van der Waals surface area contributed by atoms with Crippen molar-refractivity contribution >= 4 is 27.5 Å². The average molecular weight is 326 g/mol. The molecule has 0 aliphatic carbocycles. The van der Waals surface area contributed by atoms with Gasteiger partial charge in [-0.1, -0.05) is 40.2 Å². The molecule has 1 unspecified atom stereocenters. The molecule has 0 aliphatic heterocycles. The fraction of sp³-hybridized carbons (Fsp3) is 0.200. The van der Waals surface area contributed by atoms with Crippen molar-refractivity contribution in [3.63, 3.8) is 0 Å². The van der Waals surface area contributed by atoms with E-state index in [1.54, 1.807) is 7.11 Å². The van der Waals surface area contributed by atoms with E-state index in [0.717, 1.165) is 26.9 Å². The number of halogens is 2. The number of hydrogen-bond acceptors (Lipinski definition) is 1. The lowest BCUT2D eigenvalue weighted by Crippen LogP contribution is -1.95. The van der Waals surface area contributed by atoms with E-state index in [4.69, 9.17) is 16.3 Å². The summed E-state index contributed by atoms with van der Waals surface area (Å²) in [6.07, 6.45) is 0. The van der Waals surface area contributed by atoms with Crippen LogP contribution in [0.4, 0.5) is 0 Å². The van der Waals surface area contributed by atoms with E-state index in [-0.39, 0.29) is 5.38 Å². The zero-order valence-electron chi connectivity index (χ0n) is 10.3. The monoisotopic (exact) mass is 324 g/mol. The van der Waals surface area contributed by atoms with Gasteiger partial charge >= 0.3 is 0 Å². The lowest BCUT2D eigenvalue weighted by molar-refractivity contribution is 0.411. The van der Waals surface area contributed by atoms with Crippen molar-refractivity contribution in [3.8, 4) is 5.75 Å². The molecule has 0 saturated carbocycles. The zero-order chi connectivity index (χ0) is 13.1. The van der Waals surface area contributed by atoms with Crippen LogP contribution in [-0.4, -0.2) is 7.11 Å². The van der Waals surface area contributed by atoms with Gasteiger partial charge in [-0.05, 0) is 41.8 Å². The number of hydrogen-bond donors (Lipinski definition) is 0. The highest BCUT2D eigenvalue weighted by Crippen LogP contribution is 2.32. The minimum Gasteiger partial charge on any atom is -0.496 e. The van der Waals surface area contributed by atoms with E-state index in [1.165, 1.54) is 0 Å². The maximum Gasteiger partial charge on any atom is 0.121 e. The third-order valence-corrected chi connectivity index (χ3v) is 3.85. The summed E-state index contributed by atoms with van der Waals surface area (Å²) in [6.45, 7) is 2.02. The molecule has 2 aromatic rings. The summed E-state index contributed by atoms with van der Waals surface area (Å²) in [5, 5.41) is -0.146. The third kappa shape index (κ3) is 2.88. The second-order valence-corrected chi connectivity index (χ2v) is 5.50. The van der Waals surface area contributed by atoms with Crippen LogP contribution in [0.2, 0.25) is 0 Å². The maximum absolute atomic E-state index is 6.51. The van der Waals surface area contributed by atoms with Crippen LogP contribution in [0, 0.1) is 6.92 Å². The van der Waals surface area contributed by atoms with Crippen LogP contribution in [0.15, 0.2) is 46.9 Å². The van der Waals surface area contributed by atoms with Gasteiger partial charge < -0.3 is 4.74 Å². The van der Waals surface area contributed by atoms with E-state index < -0.39 is 0 Å². The molecule has 0 spiro atoms. The largest absolute Gasteiger partial charge is 0.496 e. The highest BCUT2D eigenvalue weighted by molar-refractivity contribution is 9.10. The second kappa shape index (κ2) is 5.77. The zero-order valence-corrected chi connectivity index (χ0v) is 12.6. The first-order valence-electron chi connectivity index (χ1n) is 5.66. The standard InChI is InChI=1S/C15H14BrClO/c1-10-8-12(6-7-14(10)18-2)15(17)11-4-3-5-13(16)9-11/h3-9,15H,1-2H3. The van der Waals surface area contributed by atoms with Gasteiger partial charge in [-0.15, -0.1) is 11.6 Å². The Kier molecular flexibility index (Phi) is 4.31. The van der Waals surface area contributed by atoms with Crippen LogP contribution in [0.1, 0.15) is 22.1 Å². The van der Waals surface area contributed by atoms with Crippen LogP contribution >= 0.6 is 27.5 Å². The van der Waals surface area contributed by atoms with E-state index in [2.05, 4.69) is 22.0 Å². The molecular weight excluding hydrogens is 312 g/mol. The van der Waals surface area contributed by atoms with Crippen LogP contribution in [0.3, 0.4) is 0 Å². The molecule has 0 heterocycles. The van der Waals surface area contributed by atoms with Crippen molar-refractivity contribution in [1.29, 1.82) is 0 Å². The maximum atomic E-state index is 6.51. The number of alkyl halides is 1. The Hall–Kier alpha value is -0.990. The van der Waals surface area contributed by atoms with Crippen LogP contribution in [0.25, 0.3) is 0 Å². The summed E-state index contributed by atoms with van der Waals surface area (Å²) < 4.78 is 6.29. The van der Waals surface area contributed by atoms with Gasteiger partial charge in [-0.3, -0.25) is 0 Å². The molecule has 0 bridgehead atoms. The van der Waals surface area contributed by atoms with Gasteiger partial charge in [-0.25, -0.2) is 0 Å². The SMILES string of the molecule is COc1ccc(C(Cl)c2cccc(Br)c2)cc1C. The van der Waals surface area contributed by atoms with Crippen molar-refractivity contribution in [3.05, 3.63) is 63.6 Å². The van der Waals surface area contributed by atoms with Gasteiger partial charge in [0.1, 0.15) is 5.75 Å². The fourth-order valence-electron chi connectivity index (χ4n) is 1.92. The second-order valence-electron chi connectivity index (χ2n) is 4.15. The summed E-state index contributed by atoms with van der Waals surface area (Å²) in [5.74, 6) is 0.886. The van der Waals surface area contributed by atoms with Gasteiger partial charge in [0.05, 0.1) is 12.5 Å². The minimum atomic E-state index is -0.146. The highest BCUT2D eigenvalue weighted by Gasteiger charge is 2.12. The molecule has 0 radical (unpaired) electrons. The first kappa shape index (κ1) is 13.4. The summed E-state index contributed by atoms with van der Waals surface area (Å²) in [7, 11) is 1.68. The number of methoxy groups -OCH3 is 1. The topological polar surface area (TPSA) is 9.23 Å². The summed E-state index contributed by atoms with van der Waals surface area (Å²) in [5.41, 5.74) is 3.25. The molecule has 3 heteroatoms. The Labute approximate surface area is 121 Å². The first-order valence-corrected chi connectivity index (χ1v) is 6.89. The van der Waals surface area contributed by atoms with E-state index in [0.29, 0.717) is 0 Å². The average Bonchev–Trinajstić information content (AvgIpc) is 2.37. The molecule has 0 aromatic heterocycles. The predicted molar refractivity (Wildman–Crippen MR) is 79.6 cm³/mol. The van der Waals surface area contributed by atoms with E-state index in [1.807, 2.05) is 43.3 Å². The molecule has 1 nitrogen and oxygen atoms in total. The Morgan fingerprint density at radius 2 is 1.83 bits per heavy atom. The van der Waals surface area contributed by atoms with Crippen LogP contribution in [-0.2, 0) is 0 Å². The predicted octanol–water partition coefficient (Wildman–Crippen LogP) is 5.09. The van der Waals surface area contributed by atoms with Crippen molar-refractivity contribution in [2.45, 2.75) is 12.3 Å². The highest BCUT2D eigenvalue weighted by atomic mass is 79.9. The lowest BCUT2D eigenvalue weighted by Gasteiger charge is -2.13. The van der Waals surface area contributed by atoms with Crippen molar-refractivity contribution in [1.82, 2.24) is 0 Å². The number of benzene rings is 2. The first-order chi connectivity index (χ1) is 8.61. The lowest BCUT2D eigenvalue weighted by atomic mass is 10.0. The molecule has 1 atom stereocenters. The summed E-state index contributed by atoms with van der Waals surface area (Å²) in [4.78, 5) is 0. The van der Waals surface area contributed by atoms with Crippen molar-refractivity contribution in [2.24, 2.45) is 0 Å². The van der Waals surface area contributed by atoms with Gasteiger partial charge in [0.2, 0.25) is 0 Å². The molecule has 0 aliphatic rings. The van der Waals surface area contributed by atoms with Crippen LogP contribution < -0.4 is 4.74 Å². The van der Waals surface area contributed by atoms with Crippen LogP contribution in [0.5, 0.6) is 5.75 Å². The molecule has 0 fully saturated rings. The molecule has 2 aromatic carbocycles. The Morgan fingerprint density at radius 3 is 2.44 bits per heavy atom. The normalized spacial score (nSPS) is 12.2. The minimum absolute atomic E-state index is 0.146. The Morgan fingerprint density at radius 1 is 1.11 bits per heavy atom. The quantitative estimate of drug-likeness (QED) is 0.714. The van der Waals surface area contributed by atoms with Crippen molar-refractivity contribution in [2.75, 3.05) is 7.11 Å². The third-order valence-electron chi connectivity index (χ3n) is 2.85. The summed E-state index contributed by atoms with van der Waals surface area (Å²) >= 11 is 9.97. The molecule has 0 N–H and O–H groups in total. The van der Waals surface area contributed by atoms with E-state index >= 15 is 0 Å². The fourth-order valence-corrected chi connectivity index (χ4v) is 2.60. The Balaban J connectivity index is 2.34. The molecule has 2 rings (SSSR count).